The molecule has 3 rings (SSSR count). The van der Waals surface area contributed by atoms with Crippen LogP contribution in [0.1, 0.15) is 31.2 Å². The van der Waals surface area contributed by atoms with Crippen molar-refractivity contribution in [1.82, 2.24) is 15.1 Å². The van der Waals surface area contributed by atoms with Crippen molar-refractivity contribution in [2.45, 2.75) is 32.2 Å². The van der Waals surface area contributed by atoms with E-state index in [-0.39, 0.29) is 0 Å². The summed E-state index contributed by atoms with van der Waals surface area (Å²) in [5.41, 5.74) is 1.32. The van der Waals surface area contributed by atoms with Crippen LogP contribution < -0.4 is 15.4 Å². The van der Waals surface area contributed by atoms with Gasteiger partial charge < -0.3 is 19.8 Å². The first kappa shape index (κ1) is 17.5. The van der Waals surface area contributed by atoms with Crippen LogP contribution in [0.4, 0.5) is 12.0 Å². The van der Waals surface area contributed by atoms with E-state index < -0.39 is 0 Å². The summed E-state index contributed by atoms with van der Waals surface area (Å²) < 4.78 is 11.2. The average molecular weight is 345 g/mol. The molecule has 1 aromatic carbocycles. The molecule has 1 fully saturated rings. The molecule has 0 amide bonds. The van der Waals surface area contributed by atoms with Gasteiger partial charge in [0.15, 0.2) is 0 Å². The zero-order valence-electron chi connectivity index (χ0n) is 14.8. The molecular weight excluding hydrogens is 318 g/mol. The van der Waals surface area contributed by atoms with Crippen LogP contribution in [0.15, 0.2) is 28.7 Å². The molecular formula is C18H27N5O2. The molecule has 0 unspecified atom stereocenters. The lowest BCUT2D eigenvalue weighted by Gasteiger charge is -2.26. The summed E-state index contributed by atoms with van der Waals surface area (Å²) in [6.07, 6.45) is 4.86. The molecule has 0 atom stereocenters. The molecule has 1 aliphatic heterocycles. The highest BCUT2D eigenvalue weighted by atomic mass is 16.5. The molecule has 1 aliphatic rings. The third kappa shape index (κ3) is 5.63. The predicted molar refractivity (Wildman–Crippen MR) is 98.0 cm³/mol. The molecule has 7 heteroatoms. The summed E-state index contributed by atoms with van der Waals surface area (Å²) >= 11 is 0. The average Bonchev–Trinajstić information content (AvgIpc) is 3.11. The van der Waals surface area contributed by atoms with Gasteiger partial charge in [0.05, 0.1) is 6.61 Å². The molecule has 25 heavy (non-hydrogen) atoms. The molecule has 0 saturated carbocycles. The second kappa shape index (κ2) is 9.27. The minimum atomic E-state index is 0.407. The molecule has 7 nitrogen and oxygen atoms in total. The summed E-state index contributed by atoms with van der Waals surface area (Å²) in [5.74, 6) is 0.935. The van der Waals surface area contributed by atoms with Gasteiger partial charge in [-0.2, -0.15) is 0 Å². The van der Waals surface area contributed by atoms with E-state index in [0.717, 1.165) is 25.3 Å². The van der Waals surface area contributed by atoms with E-state index in [9.17, 15) is 0 Å². The number of benzene rings is 1. The van der Waals surface area contributed by atoms with Gasteiger partial charge in [-0.05, 0) is 50.0 Å². The standard InChI is InChI=1S/C18H27N5O2/c1-19-17-21-22-18(25-17)20-9-6-12-24-16-8-5-7-15(13-16)14-23-10-3-2-4-11-23/h5,7-8,13H,2-4,6,9-12,14H2,1H3,(H,19,21)(H,20,22). The van der Waals surface area contributed by atoms with E-state index in [0.29, 0.717) is 18.6 Å². The Morgan fingerprint density at radius 1 is 1.16 bits per heavy atom. The number of aromatic nitrogens is 2. The van der Waals surface area contributed by atoms with Crippen LogP contribution in [-0.4, -0.2) is 48.4 Å². The molecule has 0 aliphatic carbocycles. The van der Waals surface area contributed by atoms with Crippen molar-refractivity contribution in [2.75, 3.05) is 43.9 Å². The molecule has 0 spiro atoms. The minimum Gasteiger partial charge on any atom is -0.494 e. The Morgan fingerprint density at radius 2 is 2.00 bits per heavy atom. The van der Waals surface area contributed by atoms with Gasteiger partial charge in [-0.1, -0.05) is 28.8 Å². The molecule has 0 bridgehead atoms. The Kier molecular flexibility index (Phi) is 6.50. The van der Waals surface area contributed by atoms with Crippen LogP contribution in [0, 0.1) is 0 Å². The highest BCUT2D eigenvalue weighted by Gasteiger charge is 2.10. The van der Waals surface area contributed by atoms with E-state index >= 15 is 0 Å². The van der Waals surface area contributed by atoms with E-state index in [1.54, 1.807) is 7.05 Å². The Balaban J connectivity index is 1.37. The fourth-order valence-electron chi connectivity index (χ4n) is 2.96. The van der Waals surface area contributed by atoms with Gasteiger partial charge in [-0.15, -0.1) is 0 Å². The zero-order valence-corrected chi connectivity index (χ0v) is 14.8. The van der Waals surface area contributed by atoms with Crippen molar-refractivity contribution in [3.05, 3.63) is 29.8 Å². The largest absolute Gasteiger partial charge is 0.494 e. The van der Waals surface area contributed by atoms with Crippen LogP contribution in [0.25, 0.3) is 0 Å². The lowest BCUT2D eigenvalue weighted by atomic mass is 10.1. The molecule has 1 saturated heterocycles. The van der Waals surface area contributed by atoms with E-state index in [2.05, 4.69) is 43.9 Å². The lowest BCUT2D eigenvalue weighted by Crippen LogP contribution is -2.29. The zero-order chi connectivity index (χ0) is 17.3. The van der Waals surface area contributed by atoms with E-state index in [1.807, 2.05) is 6.07 Å². The highest BCUT2D eigenvalue weighted by Crippen LogP contribution is 2.18. The van der Waals surface area contributed by atoms with Crippen LogP contribution in [-0.2, 0) is 6.54 Å². The topological polar surface area (TPSA) is 75.5 Å². The summed E-state index contributed by atoms with van der Waals surface area (Å²) in [6.45, 7) is 4.80. The van der Waals surface area contributed by atoms with Crippen LogP contribution >= 0.6 is 0 Å². The number of anilines is 2. The Morgan fingerprint density at radius 3 is 2.80 bits per heavy atom. The van der Waals surface area contributed by atoms with Crippen LogP contribution in [0.5, 0.6) is 5.75 Å². The van der Waals surface area contributed by atoms with Crippen molar-refractivity contribution < 1.29 is 9.15 Å². The minimum absolute atomic E-state index is 0.407. The highest BCUT2D eigenvalue weighted by molar-refractivity contribution is 5.28. The fraction of sp³-hybridized carbons (Fsp3) is 0.556. The van der Waals surface area contributed by atoms with E-state index in [4.69, 9.17) is 9.15 Å². The first-order chi connectivity index (χ1) is 12.3. The van der Waals surface area contributed by atoms with Gasteiger partial charge in [0.1, 0.15) is 5.75 Å². The third-order valence-corrected chi connectivity index (χ3v) is 4.26. The molecule has 1 aromatic heterocycles. The SMILES string of the molecule is CNc1nnc(NCCCOc2cccc(CN3CCCCC3)c2)o1. The number of likely N-dealkylation sites (tertiary alicyclic amines) is 1. The van der Waals surface area contributed by atoms with Gasteiger partial charge in [0.25, 0.3) is 0 Å². The lowest BCUT2D eigenvalue weighted by molar-refractivity contribution is 0.220. The molecule has 2 aromatic rings. The van der Waals surface area contributed by atoms with Gasteiger partial charge in [-0.3, -0.25) is 4.90 Å². The van der Waals surface area contributed by atoms with Gasteiger partial charge >= 0.3 is 12.0 Å². The number of hydrogen-bond acceptors (Lipinski definition) is 7. The van der Waals surface area contributed by atoms with E-state index in [1.165, 1.54) is 37.9 Å². The Labute approximate surface area is 148 Å². The van der Waals surface area contributed by atoms with Gasteiger partial charge in [0, 0.05) is 20.1 Å². The monoisotopic (exact) mass is 345 g/mol. The maximum Gasteiger partial charge on any atom is 0.316 e. The quantitative estimate of drug-likeness (QED) is 0.677. The number of ether oxygens (including phenoxy) is 1. The van der Waals surface area contributed by atoms with Gasteiger partial charge in [-0.25, -0.2) is 0 Å². The van der Waals surface area contributed by atoms with Crippen molar-refractivity contribution in [2.24, 2.45) is 0 Å². The number of nitrogens with zero attached hydrogens (tertiary/aromatic N) is 3. The van der Waals surface area contributed by atoms with Crippen LogP contribution in [0.2, 0.25) is 0 Å². The third-order valence-electron chi connectivity index (χ3n) is 4.26. The summed E-state index contributed by atoms with van der Waals surface area (Å²) in [7, 11) is 1.74. The van der Waals surface area contributed by atoms with Gasteiger partial charge in [0.2, 0.25) is 0 Å². The van der Waals surface area contributed by atoms with Crippen molar-refractivity contribution in [3.8, 4) is 5.75 Å². The van der Waals surface area contributed by atoms with Crippen LogP contribution in [0.3, 0.4) is 0 Å². The summed E-state index contributed by atoms with van der Waals surface area (Å²) in [5, 5.41) is 13.6. The first-order valence-corrected chi connectivity index (χ1v) is 9.03. The number of hydrogen-bond donors (Lipinski definition) is 2. The normalized spacial score (nSPS) is 15.1. The number of nitrogens with one attached hydrogen (secondary N) is 2. The second-order valence-electron chi connectivity index (χ2n) is 6.28. The van der Waals surface area contributed by atoms with Crippen molar-refractivity contribution in [1.29, 1.82) is 0 Å². The maximum atomic E-state index is 5.86. The fourth-order valence-corrected chi connectivity index (χ4v) is 2.96. The maximum absolute atomic E-state index is 5.86. The molecule has 0 radical (unpaired) electrons. The summed E-state index contributed by atoms with van der Waals surface area (Å²) in [6, 6.07) is 9.25. The molecule has 2 heterocycles. The molecule has 2 N–H and O–H groups in total. The predicted octanol–water partition coefficient (Wildman–Crippen LogP) is 2.98. The molecule has 136 valence electrons. The Bertz CT molecular complexity index is 640. The van der Waals surface area contributed by atoms with Crippen molar-refractivity contribution >= 4 is 12.0 Å². The number of piperidine rings is 1. The second-order valence-corrected chi connectivity index (χ2v) is 6.28. The first-order valence-electron chi connectivity index (χ1n) is 9.03. The number of rotatable bonds is 9. The van der Waals surface area contributed by atoms with Crippen molar-refractivity contribution in [3.63, 3.8) is 0 Å². The smallest absolute Gasteiger partial charge is 0.316 e. The summed E-state index contributed by atoms with van der Waals surface area (Å²) in [4.78, 5) is 2.52. The Hall–Kier alpha value is -2.28.